The Morgan fingerprint density at radius 2 is 2.12 bits per heavy atom. The highest BCUT2D eigenvalue weighted by Crippen LogP contribution is 2.27. The highest BCUT2D eigenvalue weighted by atomic mass is 35.5. The largest absolute Gasteiger partial charge is 0.333 e. The van der Waals surface area contributed by atoms with Crippen LogP contribution in [-0.4, -0.2) is 47.4 Å². The highest BCUT2D eigenvalue weighted by molar-refractivity contribution is 6.31. The van der Waals surface area contributed by atoms with E-state index in [2.05, 4.69) is 15.5 Å². The lowest BCUT2D eigenvalue weighted by molar-refractivity contribution is -0.119. The van der Waals surface area contributed by atoms with Gasteiger partial charge in [0.2, 0.25) is 5.91 Å². The fourth-order valence-corrected chi connectivity index (χ4v) is 2.72. The molecule has 3 atom stereocenters. The standard InChI is InChI=1S/C11H18ClN3O2/c1-7(12)10(16)14-11(17)13-8-4-6-15-5-2-3-9(8)15/h7-9H,2-6H2,1H3,(H2,13,14,16,17). The molecule has 2 aliphatic heterocycles. The molecule has 0 aromatic rings. The molecule has 2 N–H and O–H groups in total. The Kier molecular flexibility index (Phi) is 3.89. The molecule has 2 rings (SSSR count). The van der Waals surface area contributed by atoms with Gasteiger partial charge in [0.15, 0.2) is 0 Å². The van der Waals surface area contributed by atoms with Crippen molar-refractivity contribution in [3.63, 3.8) is 0 Å². The van der Waals surface area contributed by atoms with Gasteiger partial charge in [-0.05, 0) is 32.7 Å². The minimum Gasteiger partial charge on any atom is -0.333 e. The van der Waals surface area contributed by atoms with E-state index in [0.717, 1.165) is 25.9 Å². The van der Waals surface area contributed by atoms with Gasteiger partial charge in [-0.25, -0.2) is 4.79 Å². The minimum atomic E-state index is -0.688. The average molecular weight is 260 g/mol. The number of alkyl halides is 1. The molecule has 0 aromatic heterocycles. The molecule has 96 valence electrons. The van der Waals surface area contributed by atoms with Crippen molar-refractivity contribution in [1.29, 1.82) is 0 Å². The van der Waals surface area contributed by atoms with Crippen LogP contribution in [0.4, 0.5) is 4.79 Å². The molecule has 5 nitrogen and oxygen atoms in total. The number of fused-ring (bicyclic) bond motifs is 1. The van der Waals surface area contributed by atoms with Crippen molar-refractivity contribution in [2.45, 2.75) is 43.6 Å². The molecular weight excluding hydrogens is 242 g/mol. The summed E-state index contributed by atoms with van der Waals surface area (Å²) in [6.45, 7) is 3.70. The number of urea groups is 1. The van der Waals surface area contributed by atoms with Gasteiger partial charge in [-0.2, -0.15) is 0 Å². The van der Waals surface area contributed by atoms with E-state index in [-0.39, 0.29) is 6.04 Å². The van der Waals surface area contributed by atoms with Crippen molar-refractivity contribution in [3.05, 3.63) is 0 Å². The van der Waals surface area contributed by atoms with Crippen molar-refractivity contribution in [2.24, 2.45) is 0 Å². The number of rotatable bonds is 2. The Morgan fingerprint density at radius 1 is 1.35 bits per heavy atom. The van der Waals surface area contributed by atoms with E-state index in [1.807, 2.05) is 0 Å². The fraction of sp³-hybridized carbons (Fsp3) is 0.818. The van der Waals surface area contributed by atoms with Gasteiger partial charge in [-0.15, -0.1) is 11.6 Å². The smallest absolute Gasteiger partial charge is 0.321 e. The van der Waals surface area contributed by atoms with Gasteiger partial charge in [0.1, 0.15) is 5.38 Å². The van der Waals surface area contributed by atoms with Gasteiger partial charge in [0, 0.05) is 18.6 Å². The summed E-state index contributed by atoms with van der Waals surface area (Å²) in [6.07, 6.45) is 3.29. The van der Waals surface area contributed by atoms with Gasteiger partial charge in [-0.1, -0.05) is 0 Å². The van der Waals surface area contributed by atoms with Crippen LogP contribution in [0.1, 0.15) is 26.2 Å². The van der Waals surface area contributed by atoms with Crippen molar-refractivity contribution >= 4 is 23.5 Å². The Bertz CT molecular complexity index is 322. The average Bonchev–Trinajstić information content (AvgIpc) is 2.82. The van der Waals surface area contributed by atoms with Crippen LogP contribution in [0, 0.1) is 0 Å². The predicted octanol–water partition coefficient (Wildman–Crippen LogP) is 0.676. The van der Waals surface area contributed by atoms with E-state index in [0.29, 0.717) is 6.04 Å². The molecule has 6 heteroatoms. The van der Waals surface area contributed by atoms with Crippen LogP contribution in [0.15, 0.2) is 0 Å². The minimum absolute atomic E-state index is 0.163. The number of imide groups is 1. The van der Waals surface area contributed by atoms with Crippen LogP contribution in [0.25, 0.3) is 0 Å². The second kappa shape index (κ2) is 5.23. The van der Waals surface area contributed by atoms with Gasteiger partial charge in [0.05, 0.1) is 0 Å². The predicted molar refractivity (Wildman–Crippen MR) is 65.0 cm³/mol. The number of nitrogens with one attached hydrogen (secondary N) is 2. The van der Waals surface area contributed by atoms with E-state index >= 15 is 0 Å². The summed E-state index contributed by atoms with van der Waals surface area (Å²) in [7, 11) is 0. The first kappa shape index (κ1) is 12.6. The second-order valence-electron chi connectivity index (χ2n) is 4.72. The Hall–Kier alpha value is -0.810. The molecule has 2 aliphatic rings. The first-order valence-electron chi connectivity index (χ1n) is 6.07. The molecule has 0 aliphatic carbocycles. The molecule has 0 radical (unpaired) electrons. The summed E-state index contributed by atoms with van der Waals surface area (Å²) in [5.74, 6) is -0.453. The molecule has 0 saturated carbocycles. The van der Waals surface area contributed by atoms with Crippen molar-refractivity contribution in [3.8, 4) is 0 Å². The topological polar surface area (TPSA) is 61.4 Å². The van der Waals surface area contributed by atoms with Gasteiger partial charge in [0.25, 0.3) is 0 Å². The molecule has 2 saturated heterocycles. The van der Waals surface area contributed by atoms with E-state index in [9.17, 15) is 9.59 Å². The van der Waals surface area contributed by atoms with Crippen LogP contribution in [-0.2, 0) is 4.79 Å². The molecule has 2 fully saturated rings. The maximum Gasteiger partial charge on any atom is 0.321 e. The zero-order chi connectivity index (χ0) is 12.4. The lowest BCUT2D eigenvalue weighted by Gasteiger charge is -2.21. The summed E-state index contributed by atoms with van der Waals surface area (Å²) >= 11 is 5.58. The summed E-state index contributed by atoms with van der Waals surface area (Å²) in [4.78, 5) is 25.2. The summed E-state index contributed by atoms with van der Waals surface area (Å²) in [5, 5.41) is 4.42. The van der Waals surface area contributed by atoms with E-state index < -0.39 is 17.3 Å². The van der Waals surface area contributed by atoms with Crippen molar-refractivity contribution in [2.75, 3.05) is 13.1 Å². The molecule has 17 heavy (non-hydrogen) atoms. The molecule has 0 spiro atoms. The number of hydrogen-bond donors (Lipinski definition) is 2. The lowest BCUT2D eigenvalue weighted by atomic mass is 10.1. The maximum absolute atomic E-state index is 11.6. The van der Waals surface area contributed by atoms with Crippen LogP contribution in [0.3, 0.4) is 0 Å². The van der Waals surface area contributed by atoms with Crippen molar-refractivity contribution in [1.82, 2.24) is 15.5 Å². The number of nitrogens with zero attached hydrogens (tertiary/aromatic N) is 1. The zero-order valence-corrected chi connectivity index (χ0v) is 10.7. The molecule has 0 bridgehead atoms. The number of hydrogen-bond acceptors (Lipinski definition) is 3. The Balaban J connectivity index is 1.81. The first-order valence-corrected chi connectivity index (χ1v) is 6.51. The van der Waals surface area contributed by atoms with Crippen LogP contribution in [0.5, 0.6) is 0 Å². The molecule has 3 unspecified atom stereocenters. The normalized spacial score (nSPS) is 29.8. The second-order valence-corrected chi connectivity index (χ2v) is 5.37. The van der Waals surface area contributed by atoms with Gasteiger partial charge >= 0.3 is 6.03 Å². The summed E-state index contributed by atoms with van der Waals surface area (Å²) < 4.78 is 0. The summed E-state index contributed by atoms with van der Waals surface area (Å²) in [6, 6.07) is 0.182. The van der Waals surface area contributed by atoms with E-state index in [1.165, 1.54) is 6.42 Å². The molecule has 3 amide bonds. The molecule has 0 aromatic carbocycles. The lowest BCUT2D eigenvalue weighted by Crippen LogP contribution is -2.49. The highest BCUT2D eigenvalue weighted by Gasteiger charge is 2.37. The Morgan fingerprint density at radius 3 is 2.82 bits per heavy atom. The number of carbonyl (C=O) groups excluding carboxylic acids is 2. The SMILES string of the molecule is CC(Cl)C(=O)NC(=O)NC1CCN2CCCC12. The quantitative estimate of drug-likeness (QED) is 0.717. The molecule has 2 heterocycles. The third kappa shape index (κ3) is 2.90. The fourth-order valence-electron chi connectivity index (χ4n) is 2.67. The van der Waals surface area contributed by atoms with Gasteiger partial charge in [-0.3, -0.25) is 15.0 Å². The third-order valence-electron chi connectivity index (χ3n) is 3.52. The third-order valence-corrected chi connectivity index (χ3v) is 3.72. The van der Waals surface area contributed by atoms with Crippen LogP contribution >= 0.6 is 11.6 Å². The molecular formula is C11H18ClN3O2. The van der Waals surface area contributed by atoms with Gasteiger partial charge < -0.3 is 5.32 Å². The first-order chi connectivity index (χ1) is 8.08. The van der Waals surface area contributed by atoms with E-state index in [1.54, 1.807) is 6.92 Å². The summed E-state index contributed by atoms with van der Waals surface area (Å²) in [5.41, 5.74) is 0. The zero-order valence-electron chi connectivity index (χ0n) is 9.91. The Labute approximate surface area is 106 Å². The number of amides is 3. The number of halogens is 1. The number of carbonyl (C=O) groups is 2. The van der Waals surface area contributed by atoms with Crippen LogP contribution in [0.2, 0.25) is 0 Å². The van der Waals surface area contributed by atoms with Crippen LogP contribution < -0.4 is 10.6 Å². The monoisotopic (exact) mass is 259 g/mol. The van der Waals surface area contributed by atoms with Crippen molar-refractivity contribution < 1.29 is 9.59 Å². The van der Waals surface area contributed by atoms with E-state index in [4.69, 9.17) is 11.6 Å². The maximum atomic E-state index is 11.6.